The number of β-lactam (4-membered cyclic amide) rings is 1. The van der Waals surface area contributed by atoms with Gasteiger partial charge in [0, 0.05) is 10.9 Å². The first-order valence-electron chi connectivity index (χ1n) is 4.89. The Hall–Kier alpha value is -1.05. The molecule has 2 aliphatic heterocycles. The summed E-state index contributed by atoms with van der Waals surface area (Å²) >= 11 is 1.40. The van der Waals surface area contributed by atoms with Gasteiger partial charge in [-0.2, -0.15) is 0 Å². The predicted octanol–water partition coefficient (Wildman–Crippen LogP) is 0.345. The molecule has 3 N–H and O–H groups in total. The average molecular weight is 244 g/mol. The average Bonchev–Trinajstić information content (AvgIpc) is 2.51. The Bertz CT molecular complexity index is 382. The van der Waals surface area contributed by atoms with Crippen molar-refractivity contribution in [2.24, 2.45) is 0 Å². The first-order chi connectivity index (χ1) is 7.54. The molecule has 1 unspecified atom stereocenters. The third-order valence-electron chi connectivity index (χ3n) is 2.60. The highest BCUT2D eigenvalue weighted by Gasteiger charge is 2.48. The number of hydrogen-bond acceptors (Lipinski definition) is 5. The molecule has 0 aromatic heterocycles. The second-order valence-electron chi connectivity index (χ2n) is 3.85. The van der Waals surface area contributed by atoms with Crippen LogP contribution in [0.4, 0.5) is 0 Å². The summed E-state index contributed by atoms with van der Waals surface area (Å²) in [5.41, 5.74) is 2.15. The van der Waals surface area contributed by atoms with Crippen LogP contribution in [0.25, 0.3) is 0 Å². The number of nitrogens with one attached hydrogen (secondary N) is 1. The van der Waals surface area contributed by atoms with Crippen LogP contribution in [0, 0.1) is 0 Å². The van der Waals surface area contributed by atoms with Gasteiger partial charge in [-0.05, 0) is 13.3 Å². The number of rotatable bonds is 4. The minimum absolute atomic E-state index is 0.0560. The Morgan fingerprint density at radius 1 is 1.75 bits per heavy atom. The van der Waals surface area contributed by atoms with E-state index in [2.05, 4.69) is 5.48 Å². The zero-order chi connectivity index (χ0) is 11.9. The Balaban J connectivity index is 2.22. The standard InChI is InChI=1S/C9H12N2O4S/c1-4(10-15)2-5-8(9(13)14)11-6(12)3-7(11)16-5/h4,7,10,15H,2-3H2,1H3,(H,13,14)/t4?,7-/m1/s1. The van der Waals surface area contributed by atoms with Crippen LogP contribution in [-0.2, 0) is 9.59 Å². The summed E-state index contributed by atoms with van der Waals surface area (Å²) in [4.78, 5) is 24.3. The monoisotopic (exact) mass is 244 g/mol. The number of hydroxylamine groups is 1. The van der Waals surface area contributed by atoms with Gasteiger partial charge in [0.2, 0.25) is 5.91 Å². The molecule has 2 aliphatic rings. The molecule has 0 aromatic rings. The van der Waals surface area contributed by atoms with Gasteiger partial charge in [0.15, 0.2) is 0 Å². The molecule has 2 heterocycles. The fourth-order valence-corrected chi connectivity index (χ4v) is 3.32. The minimum atomic E-state index is -1.08. The maximum Gasteiger partial charge on any atom is 0.353 e. The molecule has 88 valence electrons. The van der Waals surface area contributed by atoms with Crippen molar-refractivity contribution in [3.05, 3.63) is 10.6 Å². The lowest BCUT2D eigenvalue weighted by molar-refractivity contribution is -0.145. The number of hydrogen-bond donors (Lipinski definition) is 3. The van der Waals surface area contributed by atoms with Crippen molar-refractivity contribution in [3.8, 4) is 0 Å². The van der Waals surface area contributed by atoms with Gasteiger partial charge in [-0.3, -0.25) is 9.69 Å². The normalized spacial score (nSPS) is 25.5. The van der Waals surface area contributed by atoms with E-state index in [1.165, 1.54) is 16.7 Å². The lowest BCUT2D eigenvalue weighted by atomic mass is 10.1. The molecule has 1 saturated heterocycles. The lowest BCUT2D eigenvalue weighted by Gasteiger charge is -2.33. The Labute approximate surface area is 96.3 Å². The molecule has 0 aliphatic carbocycles. The summed E-state index contributed by atoms with van der Waals surface area (Å²) in [5.74, 6) is -1.22. The van der Waals surface area contributed by atoms with Gasteiger partial charge in [-0.25, -0.2) is 10.3 Å². The van der Waals surface area contributed by atoms with Crippen LogP contribution in [-0.4, -0.2) is 38.5 Å². The molecule has 16 heavy (non-hydrogen) atoms. The third kappa shape index (κ3) is 1.70. The smallest absolute Gasteiger partial charge is 0.353 e. The van der Waals surface area contributed by atoms with Crippen molar-refractivity contribution in [2.75, 3.05) is 0 Å². The number of nitrogens with zero attached hydrogens (tertiary/aromatic N) is 1. The number of carboxylic acids is 1. The molecule has 2 atom stereocenters. The van der Waals surface area contributed by atoms with E-state index in [9.17, 15) is 9.59 Å². The minimum Gasteiger partial charge on any atom is -0.477 e. The number of aliphatic carboxylic acids is 1. The van der Waals surface area contributed by atoms with Crippen molar-refractivity contribution < 1.29 is 19.9 Å². The zero-order valence-corrected chi connectivity index (χ0v) is 9.45. The molecule has 0 radical (unpaired) electrons. The van der Waals surface area contributed by atoms with Crippen LogP contribution in [0.3, 0.4) is 0 Å². The van der Waals surface area contributed by atoms with Crippen LogP contribution in [0.15, 0.2) is 10.6 Å². The predicted molar refractivity (Wildman–Crippen MR) is 56.5 cm³/mol. The molecule has 7 heteroatoms. The first kappa shape index (κ1) is 11.4. The highest BCUT2D eigenvalue weighted by molar-refractivity contribution is 8.04. The van der Waals surface area contributed by atoms with E-state index < -0.39 is 5.97 Å². The van der Waals surface area contributed by atoms with Crippen LogP contribution in [0.1, 0.15) is 19.8 Å². The topological polar surface area (TPSA) is 89.9 Å². The Morgan fingerprint density at radius 2 is 2.44 bits per heavy atom. The summed E-state index contributed by atoms with van der Waals surface area (Å²) in [6.45, 7) is 1.74. The number of thioether (sulfide) groups is 1. The van der Waals surface area contributed by atoms with Crippen molar-refractivity contribution in [1.29, 1.82) is 0 Å². The zero-order valence-electron chi connectivity index (χ0n) is 8.64. The quantitative estimate of drug-likeness (QED) is 0.488. The van der Waals surface area contributed by atoms with E-state index in [1.54, 1.807) is 6.92 Å². The second kappa shape index (κ2) is 4.08. The van der Waals surface area contributed by atoms with Crippen molar-refractivity contribution in [1.82, 2.24) is 10.4 Å². The first-order valence-corrected chi connectivity index (χ1v) is 5.77. The largest absolute Gasteiger partial charge is 0.477 e. The van der Waals surface area contributed by atoms with Gasteiger partial charge in [0.1, 0.15) is 5.70 Å². The van der Waals surface area contributed by atoms with Crippen LogP contribution in [0.2, 0.25) is 0 Å². The van der Waals surface area contributed by atoms with Gasteiger partial charge in [-0.1, -0.05) is 0 Å². The van der Waals surface area contributed by atoms with Gasteiger partial charge in [-0.15, -0.1) is 11.8 Å². The van der Waals surface area contributed by atoms with Gasteiger partial charge in [0.05, 0.1) is 11.8 Å². The van der Waals surface area contributed by atoms with Crippen molar-refractivity contribution >= 4 is 23.6 Å². The summed E-state index contributed by atoms with van der Waals surface area (Å²) in [6.07, 6.45) is 0.801. The van der Waals surface area contributed by atoms with Crippen molar-refractivity contribution in [2.45, 2.75) is 31.2 Å². The number of carbonyl (C=O) groups excluding carboxylic acids is 1. The Kier molecular flexibility index (Phi) is 2.92. The number of amides is 1. The molecule has 0 spiro atoms. The SMILES string of the molecule is CC(CC1=C(C(=O)O)N2C(=O)C[C@H]2S1)NO. The maximum atomic E-state index is 11.3. The maximum absolute atomic E-state index is 11.3. The molecular weight excluding hydrogens is 232 g/mol. The highest BCUT2D eigenvalue weighted by atomic mass is 32.2. The van der Waals surface area contributed by atoms with Gasteiger partial charge in [0.25, 0.3) is 0 Å². The summed E-state index contributed by atoms with van der Waals surface area (Å²) in [7, 11) is 0. The fourth-order valence-electron chi connectivity index (χ4n) is 1.80. The van der Waals surface area contributed by atoms with E-state index in [4.69, 9.17) is 10.3 Å². The highest BCUT2D eigenvalue weighted by Crippen LogP contribution is 2.47. The van der Waals surface area contributed by atoms with Crippen molar-refractivity contribution in [3.63, 3.8) is 0 Å². The van der Waals surface area contributed by atoms with E-state index >= 15 is 0 Å². The molecular formula is C9H12N2O4S. The number of fused-ring (bicyclic) bond motifs is 1. The summed E-state index contributed by atoms with van der Waals surface area (Å²) in [6, 6.07) is -0.231. The van der Waals surface area contributed by atoms with E-state index in [0.717, 1.165) is 0 Å². The van der Waals surface area contributed by atoms with E-state index in [-0.39, 0.29) is 23.0 Å². The Morgan fingerprint density at radius 3 is 2.94 bits per heavy atom. The van der Waals surface area contributed by atoms with Crippen LogP contribution < -0.4 is 5.48 Å². The van der Waals surface area contributed by atoms with Gasteiger partial charge >= 0.3 is 5.97 Å². The molecule has 0 bridgehead atoms. The van der Waals surface area contributed by atoms with Crippen LogP contribution in [0.5, 0.6) is 0 Å². The van der Waals surface area contributed by atoms with E-state index in [1.807, 2.05) is 0 Å². The van der Waals surface area contributed by atoms with Crippen LogP contribution >= 0.6 is 11.8 Å². The fraction of sp³-hybridized carbons (Fsp3) is 0.556. The molecule has 2 rings (SSSR count). The molecule has 0 saturated carbocycles. The molecule has 1 fully saturated rings. The lowest BCUT2D eigenvalue weighted by Crippen LogP contribution is -2.48. The molecule has 1 amide bonds. The van der Waals surface area contributed by atoms with E-state index in [0.29, 0.717) is 17.7 Å². The molecule has 0 aromatic carbocycles. The second-order valence-corrected chi connectivity index (χ2v) is 5.12. The third-order valence-corrected chi connectivity index (χ3v) is 3.90. The number of carbonyl (C=O) groups is 2. The molecule has 6 nitrogen and oxygen atoms in total. The number of carboxylic acid groups (broad SMARTS) is 1. The summed E-state index contributed by atoms with van der Waals surface area (Å²) in [5, 5.41) is 17.7. The van der Waals surface area contributed by atoms with Gasteiger partial charge < -0.3 is 10.3 Å². The summed E-state index contributed by atoms with van der Waals surface area (Å²) < 4.78 is 0.